The SMILES string of the molecule is CC(C(=O)O)C(C)C(=O)c1cncn1C. The second-order valence-electron chi connectivity index (χ2n) is 3.67. The second kappa shape index (κ2) is 4.25. The summed E-state index contributed by atoms with van der Waals surface area (Å²) in [6.07, 6.45) is 2.97. The molecule has 5 heteroatoms. The van der Waals surface area contributed by atoms with Crippen LogP contribution in [-0.2, 0) is 11.8 Å². The van der Waals surface area contributed by atoms with Crippen molar-refractivity contribution in [2.24, 2.45) is 18.9 Å². The van der Waals surface area contributed by atoms with E-state index in [-0.39, 0.29) is 5.78 Å². The zero-order chi connectivity index (χ0) is 11.6. The van der Waals surface area contributed by atoms with E-state index in [9.17, 15) is 9.59 Å². The number of nitrogens with zero attached hydrogens (tertiary/aromatic N) is 2. The minimum absolute atomic E-state index is 0.190. The number of hydrogen-bond donors (Lipinski definition) is 1. The monoisotopic (exact) mass is 210 g/mol. The summed E-state index contributed by atoms with van der Waals surface area (Å²) in [6.45, 7) is 3.15. The zero-order valence-corrected chi connectivity index (χ0v) is 8.97. The third-order valence-electron chi connectivity index (χ3n) is 2.62. The number of carbonyl (C=O) groups excluding carboxylic acids is 1. The van der Waals surface area contributed by atoms with Crippen molar-refractivity contribution < 1.29 is 14.7 Å². The van der Waals surface area contributed by atoms with Gasteiger partial charge in [0.1, 0.15) is 5.69 Å². The first-order valence-electron chi connectivity index (χ1n) is 4.68. The van der Waals surface area contributed by atoms with Crippen LogP contribution in [0, 0.1) is 11.8 Å². The molecular weight excluding hydrogens is 196 g/mol. The summed E-state index contributed by atoms with van der Waals surface area (Å²) in [6, 6.07) is 0. The Morgan fingerprint density at radius 2 is 2.00 bits per heavy atom. The molecule has 5 nitrogen and oxygen atoms in total. The van der Waals surface area contributed by atoms with Gasteiger partial charge >= 0.3 is 5.97 Å². The smallest absolute Gasteiger partial charge is 0.306 e. The van der Waals surface area contributed by atoms with Gasteiger partial charge in [-0.1, -0.05) is 13.8 Å². The molecule has 0 amide bonds. The van der Waals surface area contributed by atoms with Gasteiger partial charge in [0, 0.05) is 13.0 Å². The van der Waals surface area contributed by atoms with Gasteiger partial charge in [-0.3, -0.25) is 9.59 Å². The molecule has 1 N–H and O–H groups in total. The number of carboxylic acids is 1. The minimum atomic E-state index is -0.960. The van der Waals surface area contributed by atoms with E-state index in [0.717, 1.165) is 0 Å². The predicted octanol–water partition coefficient (Wildman–Crippen LogP) is 0.960. The summed E-state index contributed by atoms with van der Waals surface area (Å²) in [7, 11) is 1.71. The van der Waals surface area contributed by atoms with Crippen molar-refractivity contribution in [3.05, 3.63) is 18.2 Å². The Morgan fingerprint density at radius 1 is 1.40 bits per heavy atom. The lowest BCUT2D eigenvalue weighted by molar-refractivity contribution is -0.142. The maximum atomic E-state index is 11.8. The van der Waals surface area contributed by atoms with Gasteiger partial charge in [-0.05, 0) is 0 Å². The average molecular weight is 210 g/mol. The van der Waals surface area contributed by atoms with Gasteiger partial charge in [0.2, 0.25) is 0 Å². The molecule has 0 radical (unpaired) electrons. The van der Waals surface area contributed by atoms with Crippen molar-refractivity contribution in [3.63, 3.8) is 0 Å². The second-order valence-corrected chi connectivity index (χ2v) is 3.67. The number of Topliss-reactive ketones (excluding diaryl/α,β-unsaturated/α-hetero) is 1. The van der Waals surface area contributed by atoms with Crippen LogP contribution in [0.4, 0.5) is 0 Å². The molecule has 2 unspecified atom stereocenters. The van der Waals surface area contributed by atoms with E-state index in [2.05, 4.69) is 4.98 Å². The Morgan fingerprint density at radius 3 is 2.40 bits per heavy atom. The first-order valence-corrected chi connectivity index (χ1v) is 4.68. The lowest BCUT2D eigenvalue weighted by Crippen LogP contribution is -2.26. The van der Waals surface area contributed by atoms with E-state index in [1.807, 2.05) is 0 Å². The first-order chi connectivity index (χ1) is 6.95. The largest absolute Gasteiger partial charge is 0.481 e. The lowest BCUT2D eigenvalue weighted by Gasteiger charge is -2.14. The molecule has 2 atom stereocenters. The number of hydrogen-bond acceptors (Lipinski definition) is 3. The molecule has 0 aromatic carbocycles. The zero-order valence-electron chi connectivity index (χ0n) is 8.97. The van der Waals surface area contributed by atoms with E-state index in [1.165, 1.54) is 19.4 Å². The molecule has 0 fully saturated rings. The van der Waals surface area contributed by atoms with Crippen molar-refractivity contribution in [2.45, 2.75) is 13.8 Å². The predicted molar refractivity (Wildman–Crippen MR) is 53.5 cm³/mol. The van der Waals surface area contributed by atoms with E-state index < -0.39 is 17.8 Å². The van der Waals surface area contributed by atoms with Crippen molar-refractivity contribution in [2.75, 3.05) is 0 Å². The highest BCUT2D eigenvalue weighted by Gasteiger charge is 2.27. The Labute approximate surface area is 87.7 Å². The fraction of sp³-hybridized carbons (Fsp3) is 0.500. The summed E-state index contributed by atoms with van der Waals surface area (Å²) >= 11 is 0. The van der Waals surface area contributed by atoms with E-state index in [1.54, 1.807) is 18.5 Å². The highest BCUT2D eigenvalue weighted by atomic mass is 16.4. The molecule has 0 aliphatic rings. The van der Waals surface area contributed by atoms with E-state index >= 15 is 0 Å². The quantitative estimate of drug-likeness (QED) is 0.751. The van der Waals surface area contributed by atoms with Gasteiger partial charge in [-0.15, -0.1) is 0 Å². The van der Waals surface area contributed by atoms with Crippen molar-refractivity contribution in [1.29, 1.82) is 0 Å². The number of carboxylic acid groups (broad SMARTS) is 1. The molecule has 82 valence electrons. The number of ketones is 1. The summed E-state index contributed by atoms with van der Waals surface area (Å²) in [5.41, 5.74) is 0.440. The minimum Gasteiger partial charge on any atom is -0.481 e. The van der Waals surface area contributed by atoms with Crippen LogP contribution >= 0.6 is 0 Å². The molecule has 15 heavy (non-hydrogen) atoms. The van der Waals surface area contributed by atoms with Gasteiger partial charge < -0.3 is 9.67 Å². The summed E-state index contributed by atoms with van der Waals surface area (Å²) in [4.78, 5) is 26.4. The molecule has 0 aliphatic heterocycles. The first kappa shape index (κ1) is 11.4. The molecule has 0 bridgehead atoms. The average Bonchev–Trinajstić information content (AvgIpc) is 2.60. The van der Waals surface area contributed by atoms with Crippen LogP contribution in [0.15, 0.2) is 12.5 Å². The van der Waals surface area contributed by atoms with Crippen LogP contribution < -0.4 is 0 Å². The highest BCUT2D eigenvalue weighted by Crippen LogP contribution is 2.16. The third kappa shape index (κ3) is 2.23. The number of aromatic nitrogens is 2. The fourth-order valence-corrected chi connectivity index (χ4v) is 1.27. The normalized spacial score (nSPS) is 14.6. The third-order valence-corrected chi connectivity index (χ3v) is 2.62. The van der Waals surface area contributed by atoms with Gasteiger partial charge in [0.15, 0.2) is 5.78 Å². The number of aliphatic carboxylic acids is 1. The Bertz CT molecular complexity index is 384. The standard InChI is InChI=1S/C10H14N2O3/c1-6(7(2)10(14)15)9(13)8-4-11-5-12(8)3/h4-7H,1-3H3,(H,14,15). The maximum absolute atomic E-state index is 11.8. The number of rotatable bonds is 4. The van der Waals surface area contributed by atoms with Gasteiger partial charge in [0.25, 0.3) is 0 Å². The van der Waals surface area contributed by atoms with Crippen molar-refractivity contribution in [3.8, 4) is 0 Å². The van der Waals surface area contributed by atoms with Crippen molar-refractivity contribution in [1.82, 2.24) is 9.55 Å². The van der Waals surface area contributed by atoms with Gasteiger partial charge in [0.05, 0.1) is 18.4 Å². The molecule has 1 rings (SSSR count). The van der Waals surface area contributed by atoms with E-state index in [4.69, 9.17) is 5.11 Å². The van der Waals surface area contributed by atoms with Crippen LogP contribution in [0.2, 0.25) is 0 Å². The van der Waals surface area contributed by atoms with Gasteiger partial charge in [-0.2, -0.15) is 0 Å². The fourth-order valence-electron chi connectivity index (χ4n) is 1.27. The molecule has 0 saturated carbocycles. The molecule has 0 spiro atoms. The molecular formula is C10H14N2O3. The topological polar surface area (TPSA) is 72.2 Å². The van der Waals surface area contributed by atoms with Crippen molar-refractivity contribution >= 4 is 11.8 Å². The molecule has 0 saturated heterocycles. The molecule has 1 heterocycles. The number of aryl methyl sites for hydroxylation is 1. The Kier molecular flexibility index (Phi) is 3.24. The number of imidazole rings is 1. The number of carbonyl (C=O) groups is 2. The summed E-state index contributed by atoms with van der Waals surface area (Å²) < 4.78 is 1.59. The van der Waals surface area contributed by atoms with Crippen LogP contribution in [0.1, 0.15) is 24.3 Å². The molecule has 0 aliphatic carbocycles. The summed E-state index contributed by atoms with van der Waals surface area (Å²) in [5.74, 6) is -2.38. The highest BCUT2D eigenvalue weighted by molar-refractivity contribution is 5.98. The lowest BCUT2D eigenvalue weighted by atomic mass is 9.90. The van der Waals surface area contributed by atoms with E-state index in [0.29, 0.717) is 5.69 Å². The van der Waals surface area contributed by atoms with Gasteiger partial charge in [-0.25, -0.2) is 4.98 Å². The van der Waals surface area contributed by atoms with Crippen LogP contribution in [0.3, 0.4) is 0 Å². The maximum Gasteiger partial charge on any atom is 0.306 e. The Hall–Kier alpha value is -1.65. The molecule has 1 aromatic rings. The molecule has 1 aromatic heterocycles. The summed E-state index contributed by atoms with van der Waals surface area (Å²) in [5, 5.41) is 8.79. The van der Waals surface area contributed by atoms with Crippen LogP contribution in [-0.4, -0.2) is 26.4 Å². The van der Waals surface area contributed by atoms with Crippen LogP contribution in [0.5, 0.6) is 0 Å². The Balaban J connectivity index is 2.86. The van der Waals surface area contributed by atoms with Crippen LogP contribution in [0.25, 0.3) is 0 Å².